The SMILES string of the molecule is CCN(Cc1ccc2c(c1)OCCO2)C(=O)CSc1nc2sc3c(c2c(=O)n1CC)CCCC3. The number of thiophene rings is 1. The molecule has 5 rings (SSSR count). The summed E-state index contributed by atoms with van der Waals surface area (Å²) in [6, 6.07) is 5.82. The molecule has 2 aromatic heterocycles. The maximum absolute atomic E-state index is 13.3. The van der Waals surface area contributed by atoms with E-state index in [0.29, 0.717) is 38.0 Å². The van der Waals surface area contributed by atoms with E-state index in [2.05, 4.69) is 0 Å². The number of fused-ring (bicyclic) bond motifs is 4. The van der Waals surface area contributed by atoms with Crippen LogP contribution in [0.2, 0.25) is 0 Å². The number of thioether (sulfide) groups is 1. The van der Waals surface area contributed by atoms with Crippen LogP contribution in [0.1, 0.15) is 42.7 Å². The van der Waals surface area contributed by atoms with Crippen LogP contribution >= 0.6 is 23.1 Å². The Bertz CT molecular complexity index is 1280. The van der Waals surface area contributed by atoms with Crippen molar-refractivity contribution >= 4 is 39.2 Å². The number of carbonyl (C=O) groups excluding carboxylic acids is 1. The van der Waals surface area contributed by atoms with Crippen molar-refractivity contribution in [1.29, 1.82) is 0 Å². The summed E-state index contributed by atoms with van der Waals surface area (Å²) in [7, 11) is 0. The summed E-state index contributed by atoms with van der Waals surface area (Å²) >= 11 is 3.00. The first kappa shape index (κ1) is 23.2. The summed E-state index contributed by atoms with van der Waals surface area (Å²) < 4.78 is 13.0. The highest BCUT2D eigenvalue weighted by molar-refractivity contribution is 7.99. The summed E-state index contributed by atoms with van der Waals surface area (Å²) in [4.78, 5) is 35.2. The Hall–Kier alpha value is -2.52. The minimum atomic E-state index is 0.0184. The van der Waals surface area contributed by atoms with Gasteiger partial charge in [-0.1, -0.05) is 17.8 Å². The quantitative estimate of drug-likeness (QED) is 0.357. The van der Waals surface area contributed by atoms with Crippen molar-refractivity contribution in [3.8, 4) is 11.5 Å². The zero-order chi connectivity index (χ0) is 23.7. The molecule has 3 heterocycles. The molecule has 0 atom stereocenters. The smallest absolute Gasteiger partial charge is 0.263 e. The van der Waals surface area contributed by atoms with Gasteiger partial charge in [0.1, 0.15) is 18.0 Å². The molecule has 0 fully saturated rings. The lowest BCUT2D eigenvalue weighted by Crippen LogP contribution is -2.32. The van der Waals surface area contributed by atoms with Crippen molar-refractivity contribution in [2.45, 2.75) is 57.8 Å². The van der Waals surface area contributed by atoms with Crippen LogP contribution in [0.5, 0.6) is 11.5 Å². The molecule has 0 bridgehead atoms. The van der Waals surface area contributed by atoms with Gasteiger partial charge in [0.25, 0.3) is 5.56 Å². The highest BCUT2D eigenvalue weighted by atomic mass is 32.2. The molecule has 1 aliphatic carbocycles. The van der Waals surface area contributed by atoms with E-state index in [-0.39, 0.29) is 17.2 Å². The topological polar surface area (TPSA) is 73.7 Å². The average Bonchev–Trinajstić information content (AvgIpc) is 3.24. The number of aryl methyl sites for hydroxylation is 2. The Kier molecular flexibility index (Phi) is 6.83. The van der Waals surface area contributed by atoms with Gasteiger partial charge in [0.15, 0.2) is 16.7 Å². The number of hydrogen-bond donors (Lipinski definition) is 0. The van der Waals surface area contributed by atoms with Gasteiger partial charge in [0.2, 0.25) is 5.91 Å². The van der Waals surface area contributed by atoms with E-state index in [1.165, 1.54) is 28.6 Å². The van der Waals surface area contributed by atoms with Crippen molar-refractivity contribution in [3.05, 3.63) is 44.6 Å². The van der Waals surface area contributed by atoms with Gasteiger partial charge in [0.05, 0.1) is 11.1 Å². The molecule has 9 heteroatoms. The molecular formula is C25H29N3O4S2. The molecule has 2 aliphatic rings. The van der Waals surface area contributed by atoms with E-state index >= 15 is 0 Å². The van der Waals surface area contributed by atoms with Crippen molar-refractivity contribution in [3.63, 3.8) is 0 Å². The highest BCUT2D eigenvalue weighted by Gasteiger charge is 2.23. The van der Waals surface area contributed by atoms with Gasteiger partial charge in [-0.2, -0.15) is 0 Å². The first-order valence-electron chi connectivity index (χ1n) is 11.9. The van der Waals surface area contributed by atoms with Gasteiger partial charge in [-0.3, -0.25) is 14.2 Å². The number of aromatic nitrogens is 2. The molecule has 180 valence electrons. The second-order valence-electron chi connectivity index (χ2n) is 8.51. The van der Waals surface area contributed by atoms with Gasteiger partial charge >= 0.3 is 0 Å². The zero-order valence-electron chi connectivity index (χ0n) is 19.6. The predicted molar refractivity (Wildman–Crippen MR) is 135 cm³/mol. The fourth-order valence-corrected chi connectivity index (χ4v) is 6.88. The molecule has 0 unspecified atom stereocenters. The molecule has 0 spiro atoms. The van der Waals surface area contributed by atoms with Crippen molar-refractivity contribution in [2.75, 3.05) is 25.5 Å². The fraction of sp³-hybridized carbons (Fsp3) is 0.480. The normalized spacial score (nSPS) is 14.8. The molecule has 34 heavy (non-hydrogen) atoms. The van der Waals surface area contributed by atoms with Crippen LogP contribution in [-0.4, -0.2) is 45.9 Å². The minimum absolute atomic E-state index is 0.0184. The molecule has 1 amide bonds. The number of nitrogens with zero attached hydrogens (tertiary/aromatic N) is 3. The van der Waals surface area contributed by atoms with E-state index in [4.69, 9.17) is 14.5 Å². The lowest BCUT2D eigenvalue weighted by molar-refractivity contribution is -0.128. The average molecular weight is 500 g/mol. The van der Waals surface area contributed by atoms with Gasteiger partial charge in [-0.15, -0.1) is 11.3 Å². The Labute approximate surface area is 207 Å². The van der Waals surface area contributed by atoms with Crippen LogP contribution in [0.4, 0.5) is 0 Å². The molecule has 7 nitrogen and oxygen atoms in total. The van der Waals surface area contributed by atoms with Crippen LogP contribution in [0, 0.1) is 0 Å². The number of rotatable bonds is 7. The lowest BCUT2D eigenvalue weighted by atomic mass is 9.97. The Morgan fingerprint density at radius 1 is 1.18 bits per heavy atom. The standard InChI is InChI=1S/C25H29N3O4S2/c1-3-27(14-16-9-10-18-19(13-16)32-12-11-31-18)21(29)15-33-25-26-23-22(24(30)28(25)4-2)17-7-5-6-8-20(17)34-23/h9-10,13H,3-8,11-12,14-15H2,1-2H3. The van der Waals surface area contributed by atoms with Gasteiger partial charge in [0, 0.05) is 24.5 Å². The first-order valence-corrected chi connectivity index (χ1v) is 13.7. The van der Waals surface area contributed by atoms with E-state index in [1.54, 1.807) is 15.9 Å². The van der Waals surface area contributed by atoms with Crippen LogP contribution in [0.25, 0.3) is 10.2 Å². The maximum atomic E-state index is 13.3. The predicted octanol–water partition coefficient (Wildman–Crippen LogP) is 4.27. The zero-order valence-corrected chi connectivity index (χ0v) is 21.2. The van der Waals surface area contributed by atoms with Crippen LogP contribution in [0.3, 0.4) is 0 Å². The van der Waals surface area contributed by atoms with E-state index < -0.39 is 0 Å². The van der Waals surface area contributed by atoms with Crippen molar-refractivity contribution in [1.82, 2.24) is 14.5 Å². The summed E-state index contributed by atoms with van der Waals surface area (Å²) in [6.45, 7) is 6.66. The Morgan fingerprint density at radius 2 is 1.97 bits per heavy atom. The lowest BCUT2D eigenvalue weighted by Gasteiger charge is -2.23. The second kappa shape index (κ2) is 10.00. The molecule has 3 aromatic rings. The third-order valence-electron chi connectivity index (χ3n) is 6.40. The highest BCUT2D eigenvalue weighted by Crippen LogP contribution is 2.35. The number of ether oxygens (including phenoxy) is 2. The largest absolute Gasteiger partial charge is 0.486 e. The molecule has 0 saturated heterocycles. The number of benzene rings is 1. The molecular weight excluding hydrogens is 470 g/mol. The van der Waals surface area contributed by atoms with Gasteiger partial charge < -0.3 is 14.4 Å². The third-order valence-corrected chi connectivity index (χ3v) is 8.54. The minimum Gasteiger partial charge on any atom is -0.486 e. The van der Waals surface area contributed by atoms with Crippen molar-refractivity contribution < 1.29 is 14.3 Å². The van der Waals surface area contributed by atoms with E-state index in [0.717, 1.165) is 46.5 Å². The molecule has 0 N–H and O–H groups in total. The van der Waals surface area contributed by atoms with E-state index in [1.807, 2.05) is 36.9 Å². The summed E-state index contributed by atoms with van der Waals surface area (Å²) in [5.74, 6) is 1.73. The first-order chi connectivity index (χ1) is 16.6. The molecule has 0 saturated carbocycles. The van der Waals surface area contributed by atoms with Crippen LogP contribution < -0.4 is 15.0 Å². The summed E-state index contributed by atoms with van der Waals surface area (Å²) in [6.07, 6.45) is 4.31. The van der Waals surface area contributed by atoms with Crippen LogP contribution in [0.15, 0.2) is 28.2 Å². The fourth-order valence-electron chi connectivity index (χ4n) is 4.61. The third kappa shape index (κ3) is 4.43. The maximum Gasteiger partial charge on any atom is 0.263 e. The summed E-state index contributed by atoms with van der Waals surface area (Å²) in [5, 5.41) is 1.42. The Morgan fingerprint density at radius 3 is 2.76 bits per heavy atom. The van der Waals surface area contributed by atoms with Crippen molar-refractivity contribution in [2.24, 2.45) is 0 Å². The van der Waals surface area contributed by atoms with E-state index in [9.17, 15) is 9.59 Å². The Balaban J connectivity index is 1.33. The molecule has 1 aromatic carbocycles. The molecule has 1 aliphatic heterocycles. The number of carbonyl (C=O) groups is 1. The summed E-state index contributed by atoms with van der Waals surface area (Å²) in [5.41, 5.74) is 2.24. The van der Waals surface area contributed by atoms with Gasteiger partial charge in [-0.05, 0) is 62.8 Å². The second-order valence-corrected chi connectivity index (χ2v) is 10.5. The number of amides is 1. The van der Waals surface area contributed by atoms with Gasteiger partial charge in [-0.25, -0.2) is 4.98 Å². The molecule has 0 radical (unpaired) electrons. The number of hydrogen-bond acceptors (Lipinski definition) is 7. The monoisotopic (exact) mass is 499 g/mol. The van der Waals surface area contributed by atoms with Crippen LogP contribution in [-0.2, 0) is 30.7 Å².